The number of hydrogen-bond donors (Lipinski definition) is 12. The molecule has 0 fully saturated rings. The molecule has 0 bridgehead atoms. The number of nitrogen functional groups attached to an aromatic ring is 1. The Kier molecular flexibility index (Phi) is 29.0. The van der Waals surface area contributed by atoms with Gasteiger partial charge < -0.3 is 63.1 Å². The van der Waals surface area contributed by atoms with E-state index < -0.39 is 115 Å². The number of nitrogens with two attached hydrogens (primary N) is 2. The highest BCUT2D eigenvalue weighted by Crippen LogP contribution is 2.37. The Bertz CT molecular complexity index is 2580. The fourth-order valence-electron chi connectivity index (χ4n) is 9.00. The minimum atomic E-state index is -4.08. The number of nitrogens with zero attached hydrogens (tertiary/aromatic N) is 3. The van der Waals surface area contributed by atoms with E-state index in [-0.39, 0.29) is 96.8 Å². The van der Waals surface area contributed by atoms with Gasteiger partial charge >= 0.3 is 11.9 Å². The Morgan fingerprint density at radius 3 is 1.83 bits per heavy atom. The lowest BCUT2D eigenvalue weighted by atomic mass is 9.73. The summed E-state index contributed by atoms with van der Waals surface area (Å²) in [6, 6.07) is 2.51. The summed E-state index contributed by atoms with van der Waals surface area (Å²) < 4.78 is 38.3. The minimum Gasteiger partial charge on any atom is -0.480 e. The van der Waals surface area contributed by atoms with Crippen LogP contribution < -0.4 is 48.1 Å². The number of amides is 8. The van der Waals surface area contributed by atoms with Gasteiger partial charge in [-0.15, -0.1) is 5.10 Å². The van der Waals surface area contributed by atoms with E-state index in [4.69, 9.17) is 20.9 Å². The second kappa shape index (κ2) is 33.6. The highest BCUT2D eigenvalue weighted by atomic mass is 32.2. The summed E-state index contributed by atoms with van der Waals surface area (Å²) in [5.74, 6) is -7.61. The first-order valence-electron chi connectivity index (χ1n) is 26.9. The number of carbonyl (C=O) groups is 10. The predicted molar refractivity (Wildman–Crippen MR) is 297 cm³/mol. The van der Waals surface area contributed by atoms with Gasteiger partial charge in [0.25, 0.3) is 5.91 Å². The second-order valence-electron chi connectivity index (χ2n) is 22.9. The SMILES string of the molecule is CC(C)(CNC(=O)CCCS(=O)(=O)NC(=O)C(C)(C)CC(C)(C)c1nnn[nH]1)CC(C)(C)CC(=O)NC(CCC(=O)NC(CCC(=O)NCCOCCOCC(=O)NC(CCCCNC(=O)c1ccc(N)cc1)C(N)=O)C(=O)O)C(=O)O. The van der Waals surface area contributed by atoms with Crippen molar-refractivity contribution in [1.29, 1.82) is 0 Å². The van der Waals surface area contributed by atoms with Gasteiger partial charge in [0.2, 0.25) is 51.4 Å². The van der Waals surface area contributed by atoms with Crippen molar-refractivity contribution in [3.63, 3.8) is 0 Å². The van der Waals surface area contributed by atoms with Crippen LogP contribution in [0.15, 0.2) is 24.3 Å². The Hall–Kier alpha value is -7.34. The van der Waals surface area contributed by atoms with Crippen molar-refractivity contribution in [3.05, 3.63) is 35.7 Å². The van der Waals surface area contributed by atoms with E-state index in [1.807, 2.05) is 27.7 Å². The lowest BCUT2D eigenvalue weighted by Crippen LogP contribution is -2.45. The summed E-state index contributed by atoms with van der Waals surface area (Å²) in [6.45, 7) is 14.3. The molecule has 0 aliphatic heterocycles. The summed E-state index contributed by atoms with van der Waals surface area (Å²) in [7, 11) is -4.08. The molecule has 29 nitrogen and oxygen atoms in total. The van der Waals surface area contributed by atoms with Crippen LogP contribution in [0.1, 0.15) is 149 Å². The number of sulfonamides is 1. The molecule has 0 aliphatic rings. The number of unbranched alkanes of at least 4 members (excludes halogenated alkanes) is 1. The quantitative estimate of drug-likeness (QED) is 0.0310. The molecule has 0 spiro atoms. The summed E-state index contributed by atoms with van der Waals surface area (Å²) in [5.41, 5.74) is 8.96. The molecule has 2 aromatic rings. The van der Waals surface area contributed by atoms with Gasteiger partial charge in [0, 0.05) is 67.4 Å². The predicted octanol–water partition coefficient (Wildman–Crippen LogP) is 0.0698. The van der Waals surface area contributed by atoms with Crippen LogP contribution in [-0.4, -0.2) is 168 Å². The first kappa shape index (κ1) is 70.8. The second-order valence-corrected chi connectivity index (χ2v) is 24.8. The first-order valence-corrected chi connectivity index (χ1v) is 28.5. The molecule has 82 heavy (non-hydrogen) atoms. The normalized spacial score (nSPS) is 13.1. The number of carboxylic acid groups (broad SMARTS) is 2. The lowest BCUT2D eigenvalue weighted by molar-refractivity contribution is -0.143. The molecule has 8 amide bonds. The van der Waals surface area contributed by atoms with E-state index in [2.05, 4.69) is 57.2 Å². The van der Waals surface area contributed by atoms with E-state index in [0.717, 1.165) is 0 Å². The Balaban J connectivity index is 1.65. The van der Waals surface area contributed by atoms with Crippen LogP contribution in [0.4, 0.5) is 5.69 Å². The van der Waals surface area contributed by atoms with Gasteiger partial charge in [-0.3, -0.25) is 43.1 Å². The van der Waals surface area contributed by atoms with Crippen molar-refractivity contribution in [2.24, 2.45) is 22.0 Å². The molecule has 1 aromatic heterocycles. The lowest BCUT2D eigenvalue weighted by Gasteiger charge is -2.35. The van der Waals surface area contributed by atoms with E-state index in [1.54, 1.807) is 52.0 Å². The number of carbonyl (C=O) groups excluding carboxylic acids is 8. The number of aromatic nitrogens is 4. The Labute approximate surface area is 477 Å². The molecule has 0 saturated carbocycles. The maximum Gasteiger partial charge on any atom is 0.326 e. The van der Waals surface area contributed by atoms with Gasteiger partial charge in [-0.05, 0) is 96.9 Å². The largest absolute Gasteiger partial charge is 0.480 e. The molecule has 0 saturated heterocycles. The van der Waals surface area contributed by atoms with Crippen molar-refractivity contribution in [3.8, 4) is 0 Å². The number of nitrogens with one attached hydrogen (secondary N) is 8. The van der Waals surface area contributed by atoms with Crippen molar-refractivity contribution >= 4 is 74.9 Å². The fraction of sp³-hybridized carbons (Fsp3) is 0.673. The van der Waals surface area contributed by atoms with E-state index in [0.29, 0.717) is 42.9 Å². The third-order valence-corrected chi connectivity index (χ3v) is 14.1. The van der Waals surface area contributed by atoms with Crippen LogP contribution in [-0.2, 0) is 68.1 Å². The highest BCUT2D eigenvalue weighted by Gasteiger charge is 2.39. The highest BCUT2D eigenvalue weighted by molar-refractivity contribution is 7.90. The summed E-state index contributed by atoms with van der Waals surface area (Å²) in [4.78, 5) is 125. The number of tetrazole rings is 1. The minimum absolute atomic E-state index is 0.00199. The number of carboxylic acids is 2. The maximum absolute atomic E-state index is 13.1. The van der Waals surface area contributed by atoms with Gasteiger partial charge in [0.15, 0.2) is 5.82 Å². The van der Waals surface area contributed by atoms with Crippen LogP contribution in [0, 0.1) is 16.2 Å². The van der Waals surface area contributed by atoms with E-state index in [1.165, 1.54) is 0 Å². The van der Waals surface area contributed by atoms with Crippen LogP contribution in [0.5, 0.6) is 0 Å². The summed E-state index contributed by atoms with van der Waals surface area (Å²) in [5, 5.41) is 48.5. The van der Waals surface area contributed by atoms with Crippen molar-refractivity contribution in [2.75, 3.05) is 57.5 Å². The number of aliphatic carboxylic acids is 2. The van der Waals surface area contributed by atoms with Gasteiger partial charge in [-0.1, -0.05) is 55.4 Å². The number of ether oxygens (including phenoxy) is 2. The Morgan fingerprint density at radius 1 is 0.646 bits per heavy atom. The molecule has 0 aliphatic carbocycles. The van der Waals surface area contributed by atoms with E-state index in [9.17, 15) is 66.6 Å². The van der Waals surface area contributed by atoms with Gasteiger partial charge in [0.1, 0.15) is 24.7 Å². The molecular formula is C52H85N13O16S. The monoisotopic (exact) mass is 1180 g/mol. The molecule has 1 heterocycles. The molecular weight excluding hydrogens is 1090 g/mol. The number of aromatic amines is 1. The Morgan fingerprint density at radius 2 is 1.23 bits per heavy atom. The average molecular weight is 1180 g/mol. The zero-order valence-corrected chi connectivity index (χ0v) is 49.0. The molecule has 3 atom stereocenters. The van der Waals surface area contributed by atoms with Crippen LogP contribution in [0.25, 0.3) is 0 Å². The standard InChI is InChI=1S/C52H85N13O16S/c1-49(2,30-50(3,4)32-57-38(66)13-11-27-82(78,79)63-48(77)52(7,8)31-51(5,6)47-61-64-65-62-47)28-41(69)60-37(46(75)76)19-21-40(68)59-36(45(73)74)18-20-39(67)55-23-24-80-25-26-81-29-42(70)58-35(43(54)71)12-9-10-22-56-44(72)33-14-16-34(53)17-15-33/h14-17,35-37H,9-13,18-32,53H2,1-8H3,(H2,54,71)(H,55,67)(H,56,72)(H,57,66)(H,58,70)(H,59,68)(H,60,69)(H,63,77)(H,73,74)(H,75,76)(H,61,62,64,65). The molecule has 14 N–H and O–H groups in total. The van der Waals surface area contributed by atoms with Crippen molar-refractivity contribution in [1.82, 2.24) is 57.2 Å². The molecule has 1 aromatic carbocycles. The smallest absolute Gasteiger partial charge is 0.326 e. The zero-order valence-electron chi connectivity index (χ0n) is 48.2. The first-order chi connectivity index (χ1) is 38.1. The third-order valence-electron chi connectivity index (χ3n) is 12.7. The number of primary amides is 1. The van der Waals surface area contributed by atoms with Crippen LogP contribution in [0.2, 0.25) is 0 Å². The zero-order chi connectivity index (χ0) is 61.9. The average Bonchev–Trinajstić information content (AvgIpc) is 4.06. The molecule has 460 valence electrons. The third kappa shape index (κ3) is 28.9. The van der Waals surface area contributed by atoms with Crippen molar-refractivity contribution in [2.45, 2.75) is 156 Å². The maximum atomic E-state index is 13.1. The van der Waals surface area contributed by atoms with Gasteiger partial charge in [0.05, 0.1) is 25.6 Å². The number of hydrogen-bond acceptors (Lipinski definition) is 18. The van der Waals surface area contributed by atoms with Crippen LogP contribution in [0.3, 0.4) is 0 Å². The van der Waals surface area contributed by atoms with Crippen molar-refractivity contribution < 1.29 is 76.0 Å². The van der Waals surface area contributed by atoms with E-state index >= 15 is 0 Å². The van der Waals surface area contributed by atoms with Gasteiger partial charge in [-0.25, -0.2) is 23.1 Å². The number of anilines is 1. The van der Waals surface area contributed by atoms with Crippen LogP contribution >= 0.6 is 0 Å². The molecule has 2 rings (SSSR count). The number of rotatable bonds is 41. The topological polar surface area (TPSA) is 454 Å². The fourth-order valence-corrected chi connectivity index (χ4v) is 10.2. The number of H-pyrrole nitrogens is 1. The molecule has 3 unspecified atom stereocenters. The van der Waals surface area contributed by atoms with Gasteiger partial charge in [-0.2, -0.15) is 0 Å². The summed E-state index contributed by atoms with van der Waals surface area (Å²) in [6.07, 6.45) is 0.0585. The molecule has 0 radical (unpaired) electrons. The summed E-state index contributed by atoms with van der Waals surface area (Å²) >= 11 is 0. The molecule has 30 heteroatoms. The number of benzene rings is 1.